The summed E-state index contributed by atoms with van der Waals surface area (Å²) in [7, 11) is 0. The van der Waals surface area contributed by atoms with Gasteiger partial charge in [0.2, 0.25) is 0 Å². The van der Waals surface area contributed by atoms with Gasteiger partial charge in [0.15, 0.2) is 0 Å². The summed E-state index contributed by atoms with van der Waals surface area (Å²) in [6.07, 6.45) is 0. The maximum Gasteiger partial charge on any atom is 0.145 e. The number of aryl methyl sites for hydroxylation is 2. The van der Waals surface area contributed by atoms with Gasteiger partial charge in [0, 0.05) is 39.4 Å². The monoisotopic (exact) mass is 1020 g/mol. The Bertz CT molecular complexity index is 4260. The van der Waals surface area contributed by atoms with E-state index in [1.54, 1.807) is 24.3 Å². The Morgan fingerprint density at radius 2 is 0.885 bits per heavy atom. The summed E-state index contributed by atoms with van der Waals surface area (Å²) in [5, 5.41) is 6.14. The topological polar surface area (TPSA) is 19.6 Å². The normalized spacial score (nSPS) is 13.1. The zero-order valence-electron chi connectivity index (χ0n) is 45.3. The van der Waals surface area contributed by atoms with E-state index in [4.69, 9.17) is 4.42 Å². The largest absolute Gasteiger partial charge is 0.455 e. The summed E-state index contributed by atoms with van der Waals surface area (Å²) in [5.41, 5.74) is 16.7. The number of anilines is 6. The minimum Gasteiger partial charge on any atom is -0.455 e. The van der Waals surface area contributed by atoms with Crippen LogP contribution in [0.2, 0.25) is 0 Å². The first-order valence-electron chi connectivity index (χ1n) is 27.0. The molecule has 13 rings (SSSR count). The Morgan fingerprint density at radius 3 is 1.44 bits per heavy atom. The van der Waals surface area contributed by atoms with E-state index >= 15 is 8.78 Å². The van der Waals surface area contributed by atoms with E-state index in [0.29, 0.717) is 0 Å². The smallest absolute Gasteiger partial charge is 0.145 e. The minimum absolute atomic E-state index is 0.0145. The maximum atomic E-state index is 15.6. The molecule has 0 amide bonds. The molecule has 12 aromatic rings. The average molecular weight is 1020 g/mol. The Morgan fingerprint density at radius 1 is 0.397 bits per heavy atom. The van der Waals surface area contributed by atoms with E-state index in [2.05, 4.69) is 229 Å². The molecule has 5 heteroatoms. The summed E-state index contributed by atoms with van der Waals surface area (Å²) in [6.45, 7) is 17.7. The van der Waals surface area contributed by atoms with Gasteiger partial charge in [-0.1, -0.05) is 163 Å². The zero-order valence-corrected chi connectivity index (χ0v) is 45.3. The summed E-state index contributed by atoms with van der Waals surface area (Å²) in [5.74, 6) is -0.687. The van der Waals surface area contributed by atoms with Crippen molar-refractivity contribution in [2.75, 3.05) is 9.80 Å². The molecule has 1 heterocycles. The number of nitrogens with zero attached hydrogens (tertiary/aromatic N) is 2. The van der Waals surface area contributed by atoms with E-state index in [0.717, 1.165) is 122 Å². The van der Waals surface area contributed by atoms with Crippen LogP contribution in [0.1, 0.15) is 86.1 Å². The highest BCUT2D eigenvalue weighted by molar-refractivity contribution is 6.26. The lowest BCUT2D eigenvalue weighted by Crippen LogP contribution is -2.29. The molecule has 0 saturated heterocycles. The molecule has 11 aromatic carbocycles. The van der Waals surface area contributed by atoms with Crippen molar-refractivity contribution in [1.29, 1.82) is 0 Å². The number of halogens is 2. The highest BCUT2D eigenvalue weighted by Crippen LogP contribution is 2.64. The molecular weight excluding hydrogens is 959 g/mol. The Balaban J connectivity index is 1.20. The molecule has 0 radical (unpaired) electrons. The number of hydrogen-bond donors (Lipinski definition) is 0. The van der Waals surface area contributed by atoms with Crippen LogP contribution in [0, 0.1) is 25.5 Å². The molecule has 0 bridgehead atoms. The third-order valence-corrected chi connectivity index (χ3v) is 16.2. The fraction of sp³-hybridized carbons (Fsp3) is 0.151. The van der Waals surface area contributed by atoms with Crippen LogP contribution in [-0.4, -0.2) is 0 Å². The lowest BCUT2D eigenvalue weighted by Gasteiger charge is -2.36. The van der Waals surface area contributed by atoms with Crippen molar-refractivity contribution in [3.05, 3.63) is 275 Å². The first-order chi connectivity index (χ1) is 37.6. The molecule has 382 valence electrons. The molecule has 1 aliphatic rings. The molecule has 0 N–H and O–H groups in total. The second kappa shape index (κ2) is 18.2. The van der Waals surface area contributed by atoms with Gasteiger partial charge in [-0.05, 0) is 193 Å². The summed E-state index contributed by atoms with van der Waals surface area (Å²) in [4.78, 5) is 4.71. The van der Waals surface area contributed by atoms with Crippen molar-refractivity contribution in [2.45, 2.75) is 71.6 Å². The van der Waals surface area contributed by atoms with Gasteiger partial charge in [0.1, 0.15) is 22.8 Å². The van der Waals surface area contributed by atoms with E-state index in [1.807, 2.05) is 30.3 Å². The minimum atomic E-state index is -1.15. The van der Waals surface area contributed by atoms with Gasteiger partial charge in [-0.25, -0.2) is 8.78 Å². The highest BCUT2D eigenvalue weighted by atomic mass is 19.1. The summed E-state index contributed by atoms with van der Waals surface area (Å²) in [6, 6.07) is 75.3. The van der Waals surface area contributed by atoms with Crippen molar-refractivity contribution in [2.24, 2.45) is 0 Å². The van der Waals surface area contributed by atoms with Gasteiger partial charge in [-0.15, -0.1) is 0 Å². The van der Waals surface area contributed by atoms with Crippen LogP contribution >= 0.6 is 0 Å². The number of furan rings is 1. The molecule has 78 heavy (non-hydrogen) atoms. The summed E-state index contributed by atoms with van der Waals surface area (Å²) >= 11 is 0. The molecule has 0 spiro atoms. The van der Waals surface area contributed by atoms with Gasteiger partial charge in [-0.2, -0.15) is 0 Å². The Hall–Kier alpha value is -8.80. The number of hydrogen-bond acceptors (Lipinski definition) is 3. The molecule has 1 aliphatic carbocycles. The van der Waals surface area contributed by atoms with Gasteiger partial charge in [0.25, 0.3) is 0 Å². The van der Waals surface area contributed by atoms with Crippen LogP contribution in [0.3, 0.4) is 0 Å². The fourth-order valence-corrected chi connectivity index (χ4v) is 12.5. The first kappa shape index (κ1) is 48.8. The molecule has 0 saturated carbocycles. The molecule has 0 unspecified atom stereocenters. The zero-order chi connectivity index (χ0) is 53.8. The van der Waals surface area contributed by atoms with Crippen molar-refractivity contribution in [1.82, 2.24) is 0 Å². The molecule has 1 aromatic heterocycles. The molecule has 0 aliphatic heterocycles. The van der Waals surface area contributed by atoms with Crippen LogP contribution in [0.4, 0.5) is 42.9 Å². The van der Waals surface area contributed by atoms with Crippen LogP contribution < -0.4 is 9.80 Å². The predicted molar refractivity (Wildman–Crippen MR) is 322 cm³/mol. The molecule has 3 nitrogen and oxygen atoms in total. The maximum absolute atomic E-state index is 15.6. The highest BCUT2D eigenvalue weighted by Gasteiger charge is 2.50. The number of fused-ring (bicyclic) bond motifs is 12. The Labute approximate surface area is 455 Å². The van der Waals surface area contributed by atoms with E-state index in [-0.39, 0.29) is 22.5 Å². The van der Waals surface area contributed by atoms with E-state index in [9.17, 15) is 0 Å². The lowest BCUT2D eigenvalue weighted by molar-refractivity contribution is 0.590. The first-order valence-corrected chi connectivity index (χ1v) is 27.0. The molecular formula is C73H60F2N2O. The van der Waals surface area contributed by atoms with E-state index in [1.165, 1.54) is 11.1 Å². The Kier molecular flexibility index (Phi) is 11.4. The van der Waals surface area contributed by atoms with Gasteiger partial charge < -0.3 is 14.2 Å². The second-order valence-electron chi connectivity index (χ2n) is 23.4. The average Bonchev–Trinajstić information content (AvgIpc) is 2.43. The molecule has 0 atom stereocenters. The third kappa shape index (κ3) is 7.81. The van der Waals surface area contributed by atoms with E-state index < -0.39 is 5.41 Å². The van der Waals surface area contributed by atoms with Crippen molar-refractivity contribution in [3.8, 4) is 11.1 Å². The number of benzene rings is 11. The van der Waals surface area contributed by atoms with Gasteiger partial charge in [-0.3, -0.25) is 0 Å². The number of para-hydroxylation sites is 1. The van der Waals surface area contributed by atoms with Gasteiger partial charge >= 0.3 is 0 Å². The number of rotatable bonds is 8. The van der Waals surface area contributed by atoms with Crippen LogP contribution in [0.15, 0.2) is 223 Å². The van der Waals surface area contributed by atoms with Crippen LogP contribution in [-0.2, 0) is 16.2 Å². The van der Waals surface area contributed by atoms with Gasteiger partial charge in [0.05, 0.1) is 16.5 Å². The standard InChI is InChI=1S/C73H60F2N2O/c1-45-15-13-17-55(41-45)76(53-35-27-47(28-36-53)71(3,4)5)57-39-40-60-62(43-57)58-19-9-10-20-59(58)67-68-63(73(69(60)67,49-23-31-51(74)32-24-49)50-25-33-52(75)34-26-50)44-64(66-61-21-11-12-22-65(61)78-70(66)68)77(56-18-14-16-46(2)42-56)54-37-29-48(30-38-54)72(6,7)8/h9-44H,1-8H3. The predicted octanol–water partition coefficient (Wildman–Crippen LogP) is 20.7. The lowest BCUT2D eigenvalue weighted by atomic mass is 9.66. The van der Waals surface area contributed by atoms with Crippen molar-refractivity contribution < 1.29 is 13.2 Å². The van der Waals surface area contributed by atoms with Crippen LogP contribution in [0.5, 0.6) is 0 Å². The second-order valence-corrected chi connectivity index (χ2v) is 23.4. The quantitative estimate of drug-likeness (QED) is 0.141. The van der Waals surface area contributed by atoms with Crippen molar-refractivity contribution >= 4 is 77.6 Å². The van der Waals surface area contributed by atoms with Crippen molar-refractivity contribution in [3.63, 3.8) is 0 Å². The van der Waals surface area contributed by atoms with Crippen LogP contribution in [0.25, 0.3) is 54.6 Å². The third-order valence-electron chi connectivity index (χ3n) is 16.2. The SMILES string of the molecule is Cc1cccc(N(c2ccc(C(C)(C)C)cc2)c2ccc3c4c(c5ccccc5c3c2)-c2c(cc(N(c3ccc(C(C)(C)C)cc3)c3cccc(C)c3)c3c2oc2ccccc23)C4(c2ccc(F)cc2)c2ccc(F)cc2)c1. The molecule has 0 fully saturated rings. The summed E-state index contributed by atoms with van der Waals surface area (Å²) < 4.78 is 38.7. The fourth-order valence-electron chi connectivity index (χ4n) is 12.5.